The molecule has 4 aromatic rings. The van der Waals surface area contributed by atoms with Gasteiger partial charge in [0, 0.05) is 48.3 Å². The smallest absolute Gasteiger partial charge is 0.362 e. The van der Waals surface area contributed by atoms with Crippen molar-refractivity contribution in [1.29, 1.82) is 0 Å². The van der Waals surface area contributed by atoms with E-state index >= 15 is 0 Å². The van der Waals surface area contributed by atoms with Gasteiger partial charge in [-0.1, -0.05) is 11.6 Å². The van der Waals surface area contributed by atoms with E-state index in [4.69, 9.17) is 21.0 Å². The van der Waals surface area contributed by atoms with Gasteiger partial charge in [-0.15, -0.1) is 0 Å². The van der Waals surface area contributed by atoms with Gasteiger partial charge in [-0.05, 0) is 48.7 Å². The largest absolute Gasteiger partial charge is 0.476 e. The molecule has 10 nitrogen and oxygen atoms in total. The lowest BCUT2D eigenvalue weighted by Crippen LogP contribution is -2.81. The molecule has 39 heavy (non-hydrogen) atoms. The van der Waals surface area contributed by atoms with Crippen LogP contribution in [0, 0.1) is 5.82 Å². The highest BCUT2D eigenvalue weighted by Gasteiger charge is 2.78. The molecule has 12 heteroatoms. The van der Waals surface area contributed by atoms with Crippen LogP contribution in [-0.4, -0.2) is 30.7 Å². The van der Waals surface area contributed by atoms with Gasteiger partial charge in [0.2, 0.25) is 0 Å². The number of carbonyl (C=O) groups is 1. The van der Waals surface area contributed by atoms with E-state index in [1.165, 1.54) is 28.8 Å². The Morgan fingerprint density at radius 1 is 1.28 bits per heavy atom. The summed E-state index contributed by atoms with van der Waals surface area (Å²) < 4.78 is 23.9. The number of anilines is 1. The molecule has 8 rings (SSSR count). The van der Waals surface area contributed by atoms with E-state index in [1.54, 1.807) is 20.4 Å². The summed E-state index contributed by atoms with van der Waals surface area (Å²) in [6, 6.07) is 4.91. The summed E-state index contributed by atoms with van der Waals surface area (Å²) in [7, 11) is 1.68. The van der Waals surface area contributed by atoms with Crippen LogP contribution in [0.4, 0.5) is 10.1 Å². The van der Waals surface area contributed by atoms with E-state index in [-0.39, 0.29) is 38.4 Å². The Bertz CT molecular complexity index is 1740. The molecule has 0 spiro atoms. The number of carboxylic acid groups (broad SMARTS) is 1. The second kappa shape index (κ2) is 8.08. The minimum atomic E-state index is -1.25. The van der Waals surface area contributed by atoms with Crippen LogP contribution in [0.3, 0.4) is 0 Å². The molecule has 1 aromatic carbocycles. The van der Waals surface area contributed by atoms with Crippen LogP contribution < -0.4 is 15.6 Å². The van der Waals surface area contributed by atoms with Crippen LogP contribution in [0.5, 0.6) is 0 Å². The van der Waals surface area contributed by atoms with Crippen molar-refractivity contribution in [2.75, 3.05) is 5.32 Å². The molecule has 0 amide bonds. The van der Waals surface area contributed by atoms with E-state index in [9.17, 15) is 19.1 Å². The molecule has 0 unspecified atom stereocenters. The summed E-state index contributed by atoms with van der Waals surface area (Å²) in [4.78, 5) is 34.0. The number of halogens is 2. The third-order valence-electron chi connectivity index (χ3n) is 8.45. The van der Waals surface area contributed by atoms with Crippen LogP contribution in [-0.2, 0) is 18.0 Å². The van der Waals surface area contributed by atoms with Crippen LogP contribution >= 0.6 is 11.6 Å². The minimum Gasteiger partial charge on any atom is -0.476 e. The first-order valence-electron chi connectivity index (χ1n) is 12.8. The van der Waals surface area contributed by atoms with Gasteiger partial charge in [0.05, 0.1) is 22.6 Å². The third kappa shape index (κ3) is 3.59. The standard InChI is InChI=1S/C27H24ClFN6O4/c1-13(30-18-5-6-19(28)31-21(18)24(37)38)16-7-15(29)8-17-20(16)32-25(34(2)23(17)36)26-9-27(10-26,11-26)35-12-39-22(33-35)14-3-4-14/h5-8,12-14,30H,3-4,9-11H2,1-2H3/p+1/t13-,26?,27?/m1/s1. The monoisotopic (exact) mass is 551 g/mol. The van der Waals surface area contributed by atoms with E-state index in [0.29, 0.717) is 22.8 Å². The summed E-state index contributed by atoms with van der Waals surface area (Å²) in [5.74, 6) is 0.0503. The Morgan fingerprint density at radius 2 is 2.03 bits per heavy atom. The molecule has 3 aromatic heterocycles. The van der Waals surface area contributed by atoms with E-state index in [2.05, 4.69) is 15.4 Å². The van der Waals surface area contributed by atoms with Gasteiger partial charge < -0.3 is 14.8 Å². The first-order valence-corrected chi connectivity index (χ1v) is 13.2. The quantitative estimate of drug-likeness (QED) is 0.261. The Kier molecular flexibility index (Phi) is 5.01. The molecule has 4 aliphatic rings. The first-order chi connectivity index (χ1) is 18.6. The number of nitrogens with one attached hydrogen (secondary N) is 1. The van der Waals surface area contributed by atoms with Crippen molar-refractivity contribution in [1.82, 2.24) is 19.6 Å². The van der Waals surface area contributed by atoms with Crippen molar-refractivity contribution in [2.45, 2.75) is 61.9 Å². The van der Waals surface area contributed by atoms with Gasteiger partial charge in [-0.3, -0.25) is 9.36 Å². The predicted octanol–water partition coefficient (Wildman–Crippen LogP) is 3.98. The molecule has 4 aliphatic carbocycles. The van der Waals surface area contributed by atoms with Gasteiger partial charge in [0.25, 0.3) is 11.4 Å². The molecule has 0 saturated heterocycles. The fraction of sp³-hybridized carbons (Fsp3) is 0.407. The van der Waals surface area contributed by atoms with Gasteiger partial charge in [0.15, 0.2) is 11.2 Å². The zero-order valence-corrected chi connectivity index (χ0v) is 22.0. The van der Waals surface area contributed by atoms with Gasteiger partial charge >= 0.3 is 12.4 Å². The second-order valence-corrected chi connectivity index (χ2v) is 11.6. The summed E-state index contributed by atoms with van der Waals surface area (Å²) in [6.07, 6.45) is 6.29. The number of carboxylic acids is 1. The molecular weight excluding hydrogens is 527 g/mol. The summed E-state index contributed by atoms with van der Waals surface area (Å²) >= 11 is 5.89. The third-order valence-corrected chi connectivity index (χ3v) is 8.66. The maximum Gasteiger partial charge on any atom is 0.362 e. The van der Waals surface area contributed by atoms with Crippen molar-refractivity contribution in [3.05, 3.63) is 75.0 Å². The highest BCUT2D eigenvalue weighted by molar-refractivity contribution is 6.29. The Hall–Kier alpha value is -3.86. The van der Waals surface area contributed by atoms with E-state index in [0.717, 1.165) is 38.0 Å². The molecule has 1 atom stereocenters. The molecule has 4 saturated carbocycles. The summed E-state index contributed by atoms with van der Waals surface area (Å²) in [5, 5.41) is 17.5. The zero-order valence-electron chi connectivity index (χ0n) is 21.2. The molecule has 0 radical (unpaired) electrons. The molecular formula is C27H25ClFN6O4+. The molecule has 2 N–H and O–H groups in total. The van der Waals surface area contributed by atoms with Crippen LogP contribution in [0.25, 0.3) is 10.9 Å². The topological polar surface area (TPSA) is 127 Å². The van der Waals surface area contributed by atoms with Crippen LogP contribution in [0.15, 0.2) is 39.9 Å². The average molecular weight is 552 g/mol. The van der Waals surface area contributed by atoms with Gasteiger partial charge in [-0.2, -0.15) is 0 Å². The lowest BCUT2D eigenvalue weighted by atomic mass is 9.39. The fourth-order valence-electron chi connectivity index (χ4n) is 6.39. The highest BCUT2D eigenvalue weighted by atomic mass is 35.5. The summed E-state index contributed by atoms with van der Waals surface area (Å²) in [6.45, 7) is 1.75. The molecule has 200 valence electrons. The Labute approximate surface area is 226 Å². The predicted molar refractivity (Wildman–Crippen MR) is 137 cm³/mol. The number of aromatic nitrogens is 5. The fourth-order valence-corrected chi connectivity index (χ4v) is 6.54. The lowest BCUT2D eigenvalue weighted by molar-refractivity contribution is -0.853. The number of hydrogen-bond donors (Lipinski definition) is 2. The molecule has 4 fully saturated rings. The van der Waals surface area contributed by atoms with Crippen molar-refractivity contribution in [3.63, 3.8) is 0 Å². The average Bonchev–Trinajstić information content (AvgIpc) is 3.59. The number of aromatic carboxylic acids is 1. The van der Waals surface area contributed by atoms with Crippen molar-refractivity contribution in [2.24, 2.45) is 7.05 Å². The second-order valence-electron chi connectivity index (χ2n) is 11.2. The number of rotatable bonds is 7. The zero-order chi connectivity index (χ0) is 27.3. The summed E-state index contributed by atoms with van der Waals surface area (Å²) in [5.41, 5.74) is 0.0667. The maximum atomic E-state index is 14.7. The normalized spacial score (nSPS) is 24.2. The number of pyridine rings is 1. The van der Waals surface area contributed by atoms with E-state index in [1.807, 2.05) is 4.68 Å². The van der Waals surface area contributed by atoms with E-state index < -0.39 is 17.8 Å². The molecule has 0 aliphatic heterocycles. The minimum absolute atomic E-state index is 0.0421. The first kappa shape index (κ1) is 24.2. The molecule has 3 heterocycles. The number of nitrogens with zero attached hydrogens (tertiary/aromatic N) is 5. The van der Waals surface area contributed by atoms with Crippen molar-refractivity contribution >= 4 is 34.2 Å². The van der Waals surface area contributed by atoms with Crippen molar-refractivity contribution < 1.29 is 23.4 Å². The SMILES string of the molecule is C[C@@H](Nc1ccc(Cl)nc1C(=O)O)c1cc(F)cc2c(=O)n(C)c(C34CC([n+]5coc(C6CC6)n5)(C3)C4)nc12. The van der Waals surface area contributed by atoms with Gasteiger partial charge in [0.1, 0.15) is 16.8 Å². The lowest BCUT2D eigenvalue weighted by Gasteiger charge is -2.63. The van der Waals surface area contributed by atoms with Crippen LogP contribution in [0.1, 0.15) is 78.8 Å². The number of benzene rings is 1. The van der Waals surface area contributed by atoms with Crippen LogP contribution in [0.2, 0.25) is 5.15 Å². The Morgan fingerprint density at radius 3 is 2.72 bits per heavy atom. The number of fused-ring (bicyclic) bond motifs is 1. The van der Waals surface area contributed by atoms with Crippen molar-refractivity contribution in [3.8, 4) is 0 Å². The number of hydrogen-bond acceptors (Lipinski definition) is 7. The molecule has 2 bridgehead atoms. The highest BCUT2D eigenvalue weighted by Crippen LogP contribution is 2.69. The van der Waals surface area contributed by atoms with Gasteiger partial charge in [-0.25, -0.2) is 19.2 Å². The maximum absolute atomic E-state index is 14.7. The Balaban J connectivity index is 1.25.